The van der Waals surface area contributed by atoms with Crippen molar-refractivity contribution in [3.63, 3.8) is 0 Å². The van der Waals surface area contributed by atoms with Crippen LogP contribution in [0.25, 0.3) is 0 Å². The second kappa shape index (κ2) is 12.2. The third kappa shape index (κ3) is 5.58. The normalized spacial score (nSPS) is 31.9. The van der Waals surface area contributed by atoms with Crippen molar-refractivity contribution in [2.24, 2.45) is 11.8 Å². The maximum atomic E-state index is 14.1. The van der Waals surface area contributed by atoms with Crippen LogP contribution in [0.1, 0.15) is 44.6 Å². The van der Waals surface area contributed by atoms with Crippen LogP contribution in [0.4, 0.5) is 0 Å². The Balaban J connectivity index is 1.33. The summed E-state index contributed by atoms with van der Waals surface area (Å²) in [7, 11) is 0. The highest BCUT2D eigenvalue weighted by Crippen LogP contribution is 2.71. The number of hydrogen-bond acceptors (Lipinski definition) is 7. The molecule has 5 rings (SSSR count). The van der Waals surface area contributed by atoms with Gasteiger partial charge in [-0.05, 0) is 44.6 Å². The summed E-state index contributed by atoms with van der Waals surface area (Å²) in [5.41, 5.74) is 1.02. The molecule has 0 radical (unpaired) electrons. The van der Waals surface area contributed by atoms with Gasteiger partial charge in [0.2, 0.25) is 17.7 Å². The molecule has 2 bridgehead atoms. The van der Waals surface area contributed by atoms with Gasteiger partial charge < -0.3 is 25.4 Å². The Labute approximate surface area is 235 Å². The number of unbranched alkanes of at least 4 members (excludes halogenated alkanes) is 2. The lowest BCUT2D eigenvalue weighted by Gasteiger charge is -2.35. The number of nitrogens with zero attached hydrogens (tertiary/aromatic N) is 2. The van der Waals surface area contributed by atoms with Crippen LogP contribution in [0.2, 0.25) is 0 Å². The summed E-state index contributed by atoms with van der Waals surface area (Å²) >= 11 is 1.71. The van der Waals surface area contributed by atoms with E-state index < -0.39 is 22.6 Å². The van der Waals surface area contributed by atoms with Gasteiger partial charge in [-0.25, -0.2) is 0 Å². The number of carbonyl (C=O) groups excluding carboxylic acids is 3. The molecule has 5 atom stereocenters. The molecule has 10 heteroatoms. The van der Waals surface area contributed by atoms with E-state index in [1.165, 1.54) is 0 Å². The first-order valence-electron chi connectivity index (χ1n) is 14.4. The zero-order valence-electron chi connectivity index (χ0n) is 22.9. The van der Waals surface area contributed by atoms with E-state index >= 15 is 0 Å². The van der Waals surface area contributed by atoms with Crippen molar-refractivity contribution in [2.75, 3.05) is 52.5 Å². The standard InChI is InChI=1S/C29H42N4O5S/c1-28-10-11-29(39-28)23(22(28)25(35)31-20-21-8-4-2-5-9-21)27(37)33(13-6-3-7-17-34)24(29)26(36)30-12-14-32-15-18-38-19-16-32/h2,4-5,8-9,22-24,34H,3,6-7,10-20H2,1H3,(H,30,36)(H,31,35)/t22-,23+,24?,28+,29?/m1/s1. The van der Waals surface area contributed by atoms with E-state index in [4.69, 9.17) is 4.74 Å². The highest BCUT2D eigenvalue weighted by atomic mass is 32.2. The number of rotatable bonds is 12. The summed E-state index contributed by atoms with van der Waals surface area (Å²) in [5, 5.41) is 15.5. The number of likely N-dealkylation sites (tertiary alicyclic amines) is 1. The Hall–Kier alpha value is -2.14. The maximum absolute atomic E-state index is 14.1. The van der Waals surface area contributed by atoms with Crippen molar-refractivity contribution in [3.8, 4) is 0 Å². The molecule has 214 valence electrons. The molecule has 2 unspecified atom stereocenters. The molecule has 9 nitrogen and oxygen atoms in total. The van der Waals surface area contributed by atoms with Crippen molar-refractivity contribution >= 4 is 29.5 Å². The predicted molar refractivity (Wildman–Crippen MR) is 150 cm³/mol. The molecule has 4 fully saturated rings. The predicted octanol–water partition coefficient (Wildman–Crippen LogP) is 1.40. The Bertz CT molecular complexity index is 1040. The van der Waals surface area contributed by atoms with Crippen LogP contribution in [0, 0.1) is 11.8 Å². The molecule has 1 spiro atoms. The zero-order valence-corrected chi connectivity index (χ0v) is 23.7. The van der Waals surface area contributed by atoms with Gasteiger partial charge in [0.15, 0.2) is 0 Å². The highest BCUT2D eigenvalue weighted by Gasteiger charge is 2.76. The second-order valence-corrected chi connectivity index (χ2v) is 13.4. The summed E-state index contributed by atoms with van der Waals surface area (Å²) in [6.45, 7) is 7.50. The third-order valence-electron chi connectivity index (χ3n) is 9.01. The van der Waals surface area contributed by atoms with E-state index in [2.05, 4.69) is 22.5 Å². The molecule has 1 aromatic rings. The van der Waals surface area contributed by atoms with Crippen LogP contribution >= 0.6 is 11.8 Å². The number of ether oxygens (including phenoxy) is 1. The Morgan fingerprint density at radius 1 is 1.05 bits per heavy atom. The van der Waals surface area contributed by atoms with E-state index in [1.807, 2.05) is 30.3 Å². The molecule has 4 heterocycles. The lowest BCUT2D eigenvalue weighted by molar-refractivity contribution is -0.140. The summed E-state index contributed by atoms with van der Waals surface area (Å²) in [6, 6.07) is 9.20. The first-order valence-corrected chi connectivity index (χ1v) is 15.2. The van der Waals surface area contributed by atoms with Crippen molar-refractivity contribution in [3.05, 3.63) is 35.9 Å². The van der Waals surface area contributed by atoms with Crippen molar-refractivity contribution in [1.82, 2.24) is 20.4 Å². The summed E-state index contributed by atoms with van der Waals surface area (Å²) in [6.07, 6.45) is 3.74. The number of aliphatic hydroxyl groups is 1. The second-order valence-electron chi connectivity index (χ2n) is 11.5. The highest BCUT2D eigenvalue weighted by molar-refractivity contribution is 8.02. The van der Waals surface area contributed by atoms with Gasteiger partial charge in [0, 0.05) is 50.6 Å². The first-order chi connectivity index (χ1) is 18.9. The van der Waals surface area contributed by atoms with E-state index in [1.54, 1.807) is 16.7 Å². The first kappa shape index (κ1) is 28.4. The van der Waals surface area contributed by atoms with Crippen LogP contribution in [-0.4, -0.2) is 101 Å². The Kier molecular flexibility index (Phi) is 8.85. The number of carbonyl (C=O) groups is 3. The monoisotopic (exact) mass is 558 g/mol. The number of morpholine rings is 1. The van der Waals surface area contributed by atoms with Crippen LogP contribution in [0.5, 0.6) is 0 Å². The van der Waals surface area contributed by atoms with Crippen molar-refractivity contribution in [1.29, 1.82) is 0 Å². The number of hydrogen-bond donors (Lipinski definition) is 3. The van der Waals surface area contributed by atoms with Crippen LogP contribution in [-0.2, 0) is 25.7 Å². The lowest BCUT2D eigenvalue weighted by Crippen LogP contribution is -2.55. The number of fused-ring (bicyclic) bond motifs is 1. The smallest absolute Gasteiger partial charge is 0.244 e. The Morgan fingerprint density at radius 3 is 2.56 bits per heavy atom. The van der Waals surface area contributed by atoms with Crippen LogP contribution < -0.4 is 10.6 Å². The fourth-order valence-corrected chi connectivity index (χ4v) is 9.45. The largest absolute Gasteiger partial charge is 0.396 e. The van der Waals surface area contributed by atoms with Gasteiger partial charge in [-0.1, -0.05) is 30.3 Å². The quantitative estimate of drug-likeness (QED) is 0.333. The molecule has 4 aliphatic heterocycles. The molecule has 4 saturated heterocycles. The van der Waals surface area contributed by atoms with Crippen LogP contribution in [0.3, 0.4) is 0 Å². The fourth-order valence-electron chi connectivity index (χ4n) is 7.09. The molecule has 3 amide bonds. The van der Waals surface area contributed by atoms with E-state index in [0.29, 0.717) is 39.3 Å². The SMILES string of the molecule is C[C@@]12CCC3(S1)C(C(=O)NCCN1CCOCC1)N(CCCCCO)C(=O)[C@@H]3[C@@H]2C(=O)NCc1ccccc1. The molecule has 4 aliphatic rings. The average molecular weight is 559 g/mol. The maximum Gasteiger partial charge on any atom is 0.244 e. The lowest BCUT2D eigenvalue weighted by atomic mass is 9.66. The van der Waals surface area contributed by atoms with E-state index in [0.717, 1.165) is 50.9 Å². The van der Waals surface area contributed by atoms with Gasteiger partial charge >= 0.3 is 0 Å². The molecule has 0 saturated carbocycles. The number of nitrogens with one attached hydrogen (secondary N) is 2. The third-order valence-corrected chi connectivity index (χ3v) is 11.0. The van der Waals surface area contributed by atoms with Gasteiger partial charge in [0.25, 0.3) is 0 Å². The van der Waals surface area contributed by atoms with Gasteiger partial charge in [-0.15, -0.1) is 11.8 Å². The molecule has 39 heavy (non-hydrogen) atoms. The number of thioether (sulfide) groups is 1. The summed E-state index contributed by atoms with van der Waals surface area (Å²) in [4.78, 5) is 45.7. The molecular weight excluding hydrogens is 516 g/mol. The minimum absolute atomic E-state index is 0.0666. The molecular formula is C29H42N4O5S. The minimum atomic E-state index is -0.597. The van der Waals surface area contributed by atoms with Gasteiger partial charge in [0.1, 0.15) is 6.04 Å². The van der Waals surface area contributed by atoms with Crippen LogP contribution in [0.15, 0.2) is 30.3 Å². The van der Waals surface area contributed by atoms with Gasteiger partial charge in [0.05, 0.1) is 29.8 Å². The van der Waals surface area contributed by atoms with Crippen molar-refractivity contribution < 1.29 is 24.2 Å². The van der Waals surface area contributed by atoms with Crippen molar-refractivity contribution in [2.45, 2.75) is 61.1 Å². The van der Waals surface area contributed by atoms with Gasteiger partial charge in [-0.2, -0.15) is 0 Å². The van der Waals surface area contributed by atoms with E-state index in [9.17, 15) is 19.5 Å². The van der Waals surface area contributed by atoms with E-state index in [-0.39, 0.29) is 29.1 Å². The molecule has 1 aromatic carbocycles. The topological polar surface area (TPSA) is 111 Å². The zero-order chi connectivity index (χ0) is 27.5. The number of benzene rings is 1. The average Bonchev–Trinajstić information content (AvgIpc) is 3.51. The molecule has 0 aromatic heterocycles. The minimum Gasteiger partial charge on any atom is -0.396 e. The van der Waals surface area contributed by atoms with Gasteiger partial charge in [-0.3, -0.25) is 19.3 Å². The summed E-state index contributed by atoms with van der Waals surface area (Å²) in [5.74, 6) is -1.25. The Morgan fingerprint density at radius 2 is 1.82 bits per heavy atom. The fraction of sp³-hybridized carbons (Fsp3) is 0.690. The summed E-state index contributed by atoms with van der Waals surface area (Å²) < 4.78 is 4.45. The number of amides is 3. The molecule has 3 N–H and O–H groups in total. The molecule has 0 aliphatic carbocycles. The number of aliphatic hydroxyl groups excluding tert-OH is 1.